The van der Waals surface area contributed by atoms with E-state index in [2.05, 4.69) is 6.58 Å². The molecule has 0 saturated heterocycles. The molecule has 0 bridgehead atoms. The van der Waals surface area contributed by atoms with E-state index < -0.39 is 20.0 Å². The Bertz CT molecular complexity index is 978. The van der Waals surface area contributed by atoms with Crippen LogP contribution in [0.25, 0.3) is 0 Å². The summed E-state index contributed by atoms with van der Waals surface area (Å²) in [6, 6.07) is 12.3. The van der Waals surface area contributed by atoms with Crippen LogP contribution in [-0.2, 0) is 28.9 Å². The Balaban J connectivity index is 1.67. The van der Waals surface area contributed by atoms with Gasteiger partial charge in [0.05, 0.1) is 29.6 Å². The number of hydrogen-bond donors (Lipinski definition) is 0. The Kier molecular flexibility index (Phi) is 7.76. The maximum Gasteiger partial charge on any atom is 0.297 e. The van der Waals surface area contributed by atoms with Gasteiger partial charge >= 0.3 is 0 Å². The van der Waals surface area contributed by atoms with Gasteiger partial charge in [0.25, 0.3) is 10.1 Å². The second-order valence-corrected chi connectivity index (χ2v) is 9.24. The fourth-order valence-electron chi connectivity index (χ4n) is 2.12. The van der Waals surface area contributed by atoms with E-state index in [4.69, 9.17) is 13.7 Å². The zero-order valence-electron chi connectivity index (χ0n) is 15.4. The first-order chi connectivity index (χ1) is 13.2. The van der Waals surface area contributed by atoms with Crippen molar-refractivity contribution in [2.45, 2.75) is 16.7 Å². The second-order valence-electron chi connectivity index (χ2n) is 5.73. The van der Waals surface area contributed by atoms with Crippen molar-refractivity contribution in [3.05, 3.63) is 66.1 Å². The number of sulfone groups is 1. The minimum Gasteiger partial charge on any atom is -0.491 e. The summed E-state index contributed by atoms with van der Waals surface area (Å²) in [4.78, 5) is 0.237. The molecular weight excluding hydrogens is 404 g/mol. The van der Waals surface area contributed by atoms with Gasteiger partial charge in [0.15, 0.2) is 9.84 Å². The van der Waals surface area contributed by atoms with E-state index in [-0.39, 0.29) is 36.2 Å². The number of ether oxygens (including phenoxy) is 2. The zero-order chi connectivity index (χ0) is 20.6. The summed E-state index contributed by atoms with van der Waals surface area (Å²) in [6.45, 7) is 5.56. The summed E-state index contributed by atoms with van der Waals surface area (Å²) in [5.74, 6) is 0.491. The van der Waals surface area contributed by atoms with Gasteiger partial charge in [0, 0.05) is 5.41 Å². The lowest BCUT2D eigenvalue weighted by Gasteiger charge is -2.09. The molecule has 0 heterocycles. The van der Waals surface area contributed by atoms with Crippen molar-refractivity contribution in [2.24, 2.45) is 0 Å². The third kappa shape index (κ3) is 6.45. The van der Waals surface area contributed by atoms with Crippen LogP contribution in [0.3, 0.4) is 0 Å². The molecule has 0 saturated carbocycles. The molecule has 0 radical (unpaired) electrons. The van der Waals surface area contributed by atoms with E-state index >= 15 is 0 Å². The third-order valence-electron chi connectivity index (χ3n) is 3.64. The Hall–Kier alpha value is -2.20. The summed E-state index contributed by atoms with van der Waals surface area (Å²) < 4.78 is 62.8. The molecule has 0 fully saturated rings. The van der Waals surface area contributed by atoms with E-state index in [1.165, 1.54) is 36.4 Å². The highest BCUT2D eigenvalue weighted by Gasteiger charge is 2.14. The van der Waals surface area contributed by atoms with Gasteiger partial charge in [-0.1, -0.05) is 24.3 Å². The molecule has 0 atom stereocenters. The number of hydrogen-bond acceptors (Lipinski definition) is 7. The zero-order valence-corrected chi connectivity index (χ0v) is 17.0. The second kappa shape index (κ2) is 9.83. The number of rotatable bonds is 11. The standard InChI is InChI=1S/C19H22O7S2/c1-3-27(20,21)18-10-6-17(7-11-18)25-14-12-24-13-15-26-28(22,23)19-8-4-16(2)5-9-19/h3-11H,1,12-15H2,2H3. The fourth-order valence-corrected chi connectivity index (χ4v) is 3.72. The lowest BCUT2D eigenvalue weighted by atomic mass is 10.2. The van der Waals surface area contributed by atoms with Crippen molar-refractivity contribution >= 4 is 20.0 Å². The maximum atomic E-state index is 12.0. The van der Waals surface area contributed by atoms with Crippen LogP contribution in [0.5, 0.6) is 5.75 Å². The van der Waals surface area contributed by atoms with Crippen LogP contribution in [0.1, 0.15) is 5.56 Å². The van der Waals surface area contributed by atoms with Crippen LogP contribution in [0.2, 0.25) is 0 Å². The summed E-state index contributed by atoms with van der Waals surface area (Å²) >= 11 is 0. The lowest BCUT2D eigenvalue weighted by molar-refractivity contribution is 0.0779. The monoisotopic (exact) mass is 426 g/mol. The molecule has 2 aromatic carbocycles. The lowest BCUT2D eigenvalue weighted by Crippen LogP contribution is -2.14. The van der Waals surface area contributed by atoms with E-state index in [0.29, 0.717) is 5.75 Å². The summed E-state index contributed by atoms with van der Waals surface area (Å²) in [5, 5.41) is 0.887. The van der Waals surface area contributed by atoms with Gasteiger partial charge < -0.3 is 9.47 Å². The minimum absolute atomic E-state index is 0.0883. The van der Waals surface area contributed by atoms with Gasteiger partial charge in [0.1, 0.15) is 12.4 Å². The van der Waals surface area contributed by atoms with E-state index in [9.17, 15) is 16.8 Å². The van der Waals surface area contributed by atoms with Crippen molar-refractivity contribution in [2.75, 3.05) is 26.4 Å². The van der Waals surface area contributed by atoms with Crippen LogP contribution < -0.4 is 4.74 Å². The number of benzene rings is 2. The van der Waals surface area contributed by atoms with Gasteiger partial charge in [-0.25, -0.2) is 8.42 Å². The van der Waals surface area contributed by atoms with E-state index in [1.807, 2.05) is 6.92 Å². The summed E-state index contributed by atoms with van der Waals surface area (Å²) in [6.07, 6.45) is 0. The first kappa shape index (κ1) is 22.1. The Morgan fingerprint density at radius 1 is 0.821 bits per heavy atom. The van der Waals surface area contributed by atoms with Crippen molar-refractivity contribution < 1.29 is 30.5 Å². The predicted octanol–water partition coefficient (Wildman–Crippen LogP) is 2.71. The van der Waals surface area contributed by atoms with Gasteiger partial charge in [-0.05, 0) is 43.3 Å². The van der Waals surface area contributed by atoms with E-state index in [0.717, 1.165) is 11.0 Å². The molecule has 2 aromatic rings. The van der Waals surface area contributed by atoms with Crippen LogP contribution in [0.15, 0.2) is 70.3 Å². The van der Waals surface area contributed by atoms with Gasteiger partial charge in [-0.2, -0.15) is 8.42 Å². The molecule has 7 nitrogen and oxygen atoms in total. The van der Waals surface area contributed by atoms with Gasteiger partial charge in [-0.3, -0.25) is 4.18 Å². The molecule has 152 valence electrons. The largest absolute Gasteiger partial charge is 0.491 e. The van der Waals surface area contributed by atoms with Crippen molar-refractivity contribution in [1.29, 1.82) is 0 Å². The highest BCUT2D eigenvalue weighted by Crippen LogP contribution is 2.17. The quantitative estimate of drug-likeness (QED) is 0.403. The molecule has 28 heavy (non-hydrogen) atoms. The van der Waals surface area contributed by atoms with Crippen LogP contribution in [0.4, 0.5) is 0 Å². The molecule has 0 aromatic heterocycles. The predicted molar refractivity (Wildman–Crippen MR) is 104 cm³/mol. The Labute approximate surface area is 165 Å². The molecular formula is C19H22O7S2. The average molecular weight is 427 g/mol. The molecule has 0 unspecified atom stereocenters. The molecule has 0 aliphatic rings. The normalized spacial score (nSPS) is 11.9. The van der Waals surface area contributed by atoms with E-state index in [1.54, 1.807) is 12.1 Å². The fraction of sp³-hybridized carbons (Fsp3) is 0.263. The SMILES string of the molecule is C=CS(=O)(=O)c1ccc(OCCOCCOS(=O)(=O)c2ccc(C)cc2)cc1. The van der Waals surface area contributed by atoms with Crippen molar-refractivity contribution in [3.8, 4) is 5.75 Å². The van der Waals surface area contributed by atoms with Crippen LogP contribution in [0, 0.1) is 6.92 Å². The molecule has 0 spiro atoms. The topological polar surface area (TPSA) is 96.0 Å². The van der Waals surface area contributed by atoms with Crippen LogP contribution in [-0.4, -0.2) is 43.3 Å². The highest BCUT2D eigenvalue weighted by molar-refractivity contribution is 7.94. The molecule has 0 aliphatic carbocycles. The third-order valence-corrected chi connectivity index (χ3v) is 6.34. The first-order valence-corrected chi connectivity index (χ1v) is 11.3. The van der Waals surface area contributed by atoms with Gasteiger partial charge in [0.2, 0.25) is 0 Å². The van der Waals surface area contributed by atoms with Crippen LogP contribution >= 0.6 is 0 Å². The molecule has 0 amide bonds. The summed E-state index contributed by atoms with van der Waals surface area (Å²) in [5.41, 5.74) is 0.958. The number of aryl methyl sites for hydroxylation is 1. The molecule has 2 rings (SSSR count). The smallest absolute Gasteiger partial charge is 0.297 e. The summed E-state index contributed by atoms with van der Waals surface area (Å²) in [7, 11) is -7.26. The molecule has 0 N–H and O–H groups in total. The first-order valence-electron chi connectivity index (χ1n) is 8.39. The van der Waals surface area contributed by atoms with Crippen molar-refractivity contribution in [1.82, 2.24) is 0 Å². The molecule has 9 heteroatoms. The Morgan fingerprint density at radius 2 is 1.39 bits per heavy atom. The van der Waals surface area contributed by atoms with Gasteiger partial charge in [-0.15, -0.1) is 0 Å². The minimum atomic E-state index is -3.80. The maximum absolute atomic E-state index is 12.0. The molecule has 0 aliphatic heterocycles. The average Bonchev–Trinajstić information content (AvgIpc) is 2.68. The Morgan fingerprint density at radius 3 is 2.00 bits per heavy atom. The highest BCUT2D eigenvalue weighted by atomic mass is 32.2. The van der Waals surface area contributed by atoms with Crippen molar-refractivity contribution in [3.63, 3.8) is 0 Å².